The van der Waals surface area contributed by atoms with Crippen LogP contribution in [0.4, 0.5) is 10.1 Å². The molecule has 0 aliphatic heterocycles. The number of hydrogen-bond acceptors (Lipinski definition) is 2. The standard InChI is InChI=1S/C22H18FN3O/c23-17-11-9-16(10-12-17)22(27)24-18-5-3-4-15(14-18)8-13-21-25-19-6-1-2-7-20(19)26-21/h1-7,9-12,14H,8,13H2,(H,24,27)(H,25,26). The van der Waals surface area contributed by atoms with Gasteiger partial charge in [0, 0.05) is 17.7 Å². The number of para-hydroxylation sites is 2. The number of imidazole rings is 1. The summed E-state index contributed by atoms with van der Waals surface area (Å²) in [6.45, 7) is 0. The summed E-state index contributed by atoms with van der Waals surface area (Å²) in [5.74, 6) is 0.320. The van der Waals surface area contributed by atoms with Gasteiger partial charge in [-0.3, -0.25) is 4.79 Å². The number of amides is 1. The molecule has 0 aliphatic rings. The number of fused-ring (bicyclic) bond motifs is 1. The van der Waals surface area contributed by atoms with Crippen LogP contribution in [0.2, 0.25) is 0 Å². The molecular formula is C22H18FN3O. The highest BCUT2D eigenvalue weighted by atomic mass is 19.1. The summed E-state index contributed by atoms with van der Waals surface area (Å²) in [7, 11) is 0. The number of carbonyl (C=O) groups excluding carboxylic acids is 1. The van der Waals surface area contributed by atoms with Crippen molar-refractivity contribution in [3.8, 4) is 0 Å². The van der Waals surface area contributed by atoms with Gasteiger partial charge in [0.2, 0.25) is 0 Å². The molecule has 0 fully saturated rings. The Hall–Kier alpha value is -3.47. The highest BCUT2D eigenvalue weighted by Crippen LogP contribution is 2.16. The Morgan fingerprint density at radius 1 is 0.963 bits per heavy atom. The third kappa shape index (κ3) is 4.03. The number of aromatic nitrogens is 2. The van der Waals surface area contributed by atoms with Crippen molar-refractivity contribution < 1.29 is 9.18 Å². The number of nitrogens with one attached hydrogen (secondary N) is 2. The third-order valence-electron chi connectivity index (χ3n) is 4.38. The topological polar surface area (TPSA) is 57.8 Å². The van der Waals surface area contributed by atoms with Crippen molar-refractivity contribution >= 4 is 22.6 Å². The van der Waals surface area contributed by atoms with E-state index in [1.165, 1.54) is 24.3 Å². The Labute approximate surface area is 156 Å². The molecule has 0 aliphatic carbocycles. The van der Waals surface area contributed by atoms with Crippen LogP contribution in [0.25, 0.3) is 11.0 Å². The van der Waals surface area contributed by atoms with E-state index in [1.54, 1.807) is 0 Å². The second-order valence-corrected chi connectivity index (χ2v) is 6.36. The van der Waals surface area contributed by atoms with E-state index in [0.29, 0.717) is 11.3 Å². The highest BCUT2D eigenvalue weighted by molar-refractivity contribution is 6.04. The van der Waals surface area contributed by atoms with Gasteiger partial charge in [0.05, 0.1) is 11.0 Å². The molecule has 0 spiro atoms. The number of benzene rings is 3. The average Bonchev–Trinajstić information content (AvgIpc) is 3.10. The van der Waals surface area contributed by atoms with E-state index in [9.17, 15) is 9.18 Å². The monoisotopic (exact) mass is 359 g/mol. The van der Waals surface area contributed by atoms with Gasteiger partial charge in [-0.1, -0.05) is 24.3 Å². The van der Waals surface area contributed by atoms with E-state index < -0.39 is 0 Å². The van der Waals surface area contributed by atoms with Crippen LogP contribution in [-0.2, 0) is 12.8 Å². The van der Waals surface area contributed by atoms with E-state index in [-0.39, 0.29) is 11.7 Å². The molecular weight excluding hydrogens is 341 g/mol. The Balaban J connectivity index is 1.42. The van der Waals surface area contributed by atoms with E-state index >= 15 is 0 Å². The van der Waals surface area contributed by atoms with Crippen LogP contribution < -0.4 is 5.32 Å². The van der Waals surface area contributed by atoms with Crippen LogP contribution in [0.5, 0.6) is 0 Å². The summed E-state index contributed by atoms with van der Waals surface area (Å²) in [5, 5.41) is 2.85. The molecule has 1 amide bonds. The molecule has 3 aromatic carbocycles. The number of H-pyrrole nitrogens is 1. The fourth-order valence-corrected chi connectivity index (χ4v) is 3.00. The number of rotatable bonds is 5. The SMILES string of the molecule is O=C(Nc1cccc(CCc2nc3ccccc3[nH]2)c1)c1ccc(F)cc1. The van der Waals surface area contributed by atoms with E-state index in [4.69, 9.17) is 0 Å². The van der Waals surface area contributed by atoms with Crippen molar-refractivity contribution in [3.63, 3.8) is 0 Å². The summed E-state index contributed by atoms with van der Waals surface area (Å²) < 4.78 is 13.0. The van der Waals surface area contributed by atoms with Crippen LogP contribution in [0.1, 0.15) is 21.7 Å². The summed E-state index contributed by atoms with van der Waals surface area (Å²) in [6.07, 6.45) is 1.59. The van der Waals surface area contributed by atoms with Gasteiger partial charge in [0.25, 0.3) is 5.91 Å². The molecule has 0 saturated carbocycles. The Kier molecular flexibility index (Phi) is 4.66. The molecule has 4 rings (SSSR count). The summed E-state index contributed by atoms with van der Waals surface area (Å²) >= 11 is 0. The number of hydrogen-bond donors (Lipinski definition) is 2. The number of aryl methyl sites for hydroxylation is 2. The summed E-state index contributed by atoms with van der Waals surface area (Å²) in [4.78, 5) is 20.2. The zero-order chi connectivity index (χ0) is 18.6. The number of carbonyl (C=O) groups is 1. The first-order valence-corrected chi connectivity index (χ1v) is 8.77. The first-order valence-electron chi connectivity index (χ1n) is 8.77. The highest BCUT2D eigenvalue weighted by Gasteiger charge is 2.07. The summed E-state index contributed by atoms with van der Waals surface area (Å²) in [6, 6.07) is 21.2. The number of aromatic amines is 1. The lowest BCUT2D eigenvalue weighted by Crippen LogP contribution is -2.12. The van der Waals surface area contributed by atoms with Crippen molar-refractivity contribution in [2.45, 2.75) is 12.8 Å². The second-order valence-electron chi connectivity index (χ2n) is 6.36. The minimum atomic E-state index is -0.362. The maximum Gasteiger partial charge on any atom is 0.255 e. The van der Waals surface area contributed by atoms with Crippen molar-refractivity contribution in [2.24, 2.45) is 0 Å². The molecule has 5 heteroatoms. The average molecular weight is 359 g/mol. The lowest BCUT2D eigenvalue weighted by molar-refractivity contribution is 0.102. The maximum absolute atomic E-state index is 13.0. The Morgan fingerprint density at radius 2 is 1.78 bits per heavy atom. The molecule has 4 nitrogen and oxygen atoms in total. The maximum atomic E-state index is 13.0. The van der Waals surface area contributed by atoms with Crippen LogP contribution in [0.3, 0.4) is 0 Å². The zero-order valence-corrected chi connectivity index (χ0v) is 14.6. The summed E-state index contributed by atoms with van der Waals surface area (Å²) in [5.41, 5.74) is 4.24. The van der Waals surface area contributed by atoms with E-state index in [1.807, 2.05) is 48.5 Å². The van der Waals surface area contributed by atoms with Gasteiger partial charge in [-0.05, 0) is 60.5 Å². The van der Waals surface area contributed by atoms with Crippen molar-refractivity contribution in [2.75, 3.05) is 5.32 Å². The first-order chi connectivity index (χ1) is 13.2. The van der Waals surface area contributed by atoms with Crippen molar-refractivity contribution in [1.29, 1.82) is 0 Å². The Bertz CT molecular complexity index is 1050. The molecule has 0 unspecified atom stereocenters. The van der Waals surface area contributed by atoms with Crippen LogP contribution >= 0.6 is 0 Å². The van der Waals surface area contributed by atoms with Gasteiger partial charge in [-0.2, -0.15) is 0 Å². The molecule has 27 heavy (non-hydrogen) atoms. The van der Waals surface area contributed by atoms with E-state index in [0.717, 1.165) is 35.3 Å². The molecule has 0 bridgehead atoms. The normalized spacial score (nSPS) is 10.9. The fourth-order valence-electron chi connectivity index (χ4n) is 3.00. The third-order valence-corrected chi connectivity index (χ3v) is 4.38. The molecule has 2 N–H and O–H groups in total. The van der Waals surface area contributed by atoms with Crippen LogP contribution in [0.15, 0.2) is 72.8 Å². The zero-order valence-electron chi connectivity index (χ0n) is 14.6. The smallest absolute Gasteiger partial charge is 0.255 e. The van der Waals surface area contributed by atoms with Gasteiger partial charge in [0.1, 0.15) is 11.6 Å². The predicted octanol–water partition coefficient (Wildman–Crippen LogP) is 4.74. The van der Waals surface area contributed by atoms with Gasteiger partial charge >= 0.3 is 0 Å². The molecule has 1 heterocycles. The second kappa shape index (κ2) is 7.41. The quantitative estimate of drug-likeness (QED) is 0.541. The molecule has 0 radical (unpaired) electrons. The first kappa shape index (κ1) is 17.0. The van der Waals surface area contributed by atoms with Gasteiger partial charge < -0.3 is 10.3 Å². The van der Waals surface area contributed by atoms with Gasteiger partial charge in [-0.25, -0.2) is 9.37 Å². The molecule has 1 aromatic heterocycles. The van der Waals surface area contributed by atoms with E-state index in [2.05, 4.69) is 15.3 Å². The molecule has 0 atom stereocenters. The lowest BCUT2D eigenvalue weighted by atomic mass is 10.1. The fraction of sp³-hybridized carbons (Fsp3) is 0.0909. The minimum Gasteiger partial charge on any atom is -0.342 e. The molecule has 4 aromatic rings. The van der Waals surface area contributed by atoms with Crippen LogP contribution in [0, 0.1) is 5.82 Å². The molecule has 0 saturated heterocycles. The minimum absolute atomic E-state index is 0.260. The number of halogens is 1. The molecule has 134 valence electrons. The Morgan fingerprint density at radius 3 is 2.59 bits per heavy atom. The predicted molar refractivity (Wildman–Crippen MR) is 104 cm³/mol. The lowest BCUT2D eigenvalue weighted by Gasteiger charge is -2.07. The van der Waals surface area contributed by atoms with Crippen molar-refractivity contribution in [1.82, 2.24) is 9.97 Å². The number of nitrogens with zero attached hydrogens (tertiary/aromatic N) is 1. The van der Waals surface area contributed by atoms with Crippen molar-refractivity contribution in [3.05, 3.63) is 95.6 Å². The number of anilines is 1. The van der Waals surface area contributed by atoms with Gasteiger partial charge in [0.15, 0.2) is 0 Å². The van der Waals surface area contributed by atoms with Gasteiger partial charge in [-0.15, -0.1) is 0 Å². The largest absolute Gasteiger partial charge is 0.342 e. The van der Waals surface area contributed by atoms with Crippen LogP contribution in [-0.4, -0.2) is 15.9 Å².